The third-order valence-electron chi connectivity index (χ3n) is 4.96. The lowest BCUT2D eigenvalue weighted by Crippen LogP contribution is -2.52. The van der Waals surface area contributed by atoms with Gasteiger partial charge in [0.2, 0.25) is 0 Å². The Labute approximate surface area is 130 Å². The molecule has 0 aromatic rings. The largest absolute Gasteiger partial charge is 0.305 e. The van der Waals surface area contributed by atoms with E-state index in [0.717, 1.165) is 38.8 Å². The highest BCUT2D eigenvalue weighted by atomic mass is 32.2. The molecule has 0 unspecified atom stereocenters. The lowest BCUT2D eigenvalue weighted by Gasteiger charge is -2.39. The van der Waals surface area contributed by atoms with Crippen LogP contribution in [0.25, 0.3) is 0 Å². The molecule has 0 bridgehead atoms. The number of nitrogens with zero attached hydrogens (tertiary/aromatic N) is 2. The number of hydrogen-bond acceptors (Lipinski definition) is 3. The Hall–Kier alpha value is -0.170. The van der Waals surface area contributed by atoms with Gasteiger partial charge in [0.05, 0.1) is 0 Å². The van der Waals surface area contributed by atoms with Gasteiger partial charge >= 0.3 is 0 Å². The Balaban J connectivity index is 1.89. The normalized spacial score (nSPS) is 27.9. The fourth-order valence-electron chi connectivity index (χ4n) is 3.51. The van der Waals surface area contributed by atoms with E-state index in [9.17, 15) is 8.42 Å². The summed E-state index contributed by atoms with van der Waals surface area (Å²) in [7, 11) is -1.27. The average Bonchev–Trinajstić information content (AvgIpc) is 2.37. The first-order valence-electron chi connectivity index (χ1n) is 8.14. The van der Waals surface area contributed by atoms with Crippen molar-refractivity contribution in [1.29, 1.82) is 0 Å². The lowest BCUT2D eigenvalue weighted by atomic mass is 9.76. The standard InChI is InChI=1S/C15H31N3O2S/c1-15(2,3)13-7-10-18(11-8-13)21(19,20)16-14-6-5-9-17(4)12-14/h13-14,16H,5-12H2,1-4H3/t14-/m1/s1. The summed E-state index contributed by atoms with van der Waals surface area (Å²) < 4.78 is 29.6. The van der Waals surface area contributed by atoms with Crippen molar-refractivity contribution < 1.29 is 8.42 Å². The first kappa shape index (κ1) is 17.2. The molecule has 2 heterocycles. The van der Waals surface area contributed by atoms with Crippen LogP contribution in [0.4, 0.5) is 0 Å². The quantitative estimate of drug-likeness (QED) is 0.861. The second-order valence-corrected chi connectivity index (χ2v) is 9.47. The summed E-state index contributed by atoms with van der Waals surface area (Å²) in [6.07, 6.45) is 3.95. The fourth-order valence-corrected chi connectivity index (χ4v) is 4.96. The zero-order valence-corrected chi connectivity index (χ0v) is 14.7. The summed E-state index contributed by atoms with van der Waals surface area (Å²) in [6.45, 7) is 9.93. The first-order chi connectivity index (χ1) is 9.68. The smallest absolute Gasteiger partial charge is 0.279 e. The predicted molar refractivity (Wildman–Crippen MR) is 86.3 cm³/mol. The average molecular weight is 317 g/mol. The van der Waals surface area contributed by atoms with E-state index in [-0.39, 0.29) is 11.5 Å². The van der Waals surface area contributed by atoms with Crippen LogP contribution in [0.3, 0.4) is 0 Å². The van der Waals surface area contributed by atoms with Gasteiger partial charge in [-0.3, -0.25) is 0 Å². The van der Waals surface area contributed by atoms with Crippen LogP contribution in [0.5, 0.6) is 0 Å². The zero-order valence-electron chi connectivity index (χ0n) is 13.9. The lowest BCUT2D eigenvalue weighted by molar-refractivity contribution is 0.152. The van der Waals surface area contributed by atoms with Crippen molar-refractivity contribution in [2.24, 2.45) is 11.3 Å². The Kier molecular flexibility index (Phi) is 5.34. The Morgan fingerprint density at radius 3 is 2.19 bits per heavy atom. The number of rotatable bonds is 3. The second kappa shape index (κ2) is 6.52. The van der Waals surface area contributed by atoms with Gasteiger partial charge in [-0.25, -0.2) is 0 Å². The SMILES string of the molecule is CN1CCC[C@@H](NS(=O)(=O)N2CCC(C(C)(C)C)CC2)C1. The van der Waals surface area contributed by atoms with E-state index in [1.807, 2.05) is 0 Å². The molecular weight excluding hydrogens is 286 g/mol. The molecule has 2 aliphatic heterocycles. The highest BCUT2D eigenvalue weighted by molar-refractivity contribution is 7.87. The van der Waals surface area contributed by atoms with Crippen molar-refractivity contribution in [3.8, 4) is 0 Å². The van der Waals surface area contributed by atoms with Gasteiger partial charge in [-0.1, -0.05) is 20.8 Å². The fraction of sp³-hybridized carbons (Fsp3) is 1.00. The Bertz CT molecular complexity index is 436. The summed E-state index contributed by atoms with van der Waals surface area (Å²) in [6, 6.07) is 0.0640. The highest BCUT2D eigenvalue weighted by Crippen LogP contribution is 2.34. The van der Waals surface area contributed by atoms with Crippen LogP contribution >= 0.6 is 0 Å². The maximum Gasteiger partial charge on any atom is 0.279 e. The summed E-state index contributed by atoms with van der Waals surface area (Å²) >= 11 is 0. The predicted octanol–water partition coefficient (Wildman–Crippen LogP) is 1.67. The maximum absolute atomic E-state index is 12.5. The van der Waals surface area contributed by atoms with Gasteiger partial charge in [0.25, 0.3) is 10.2 Å². The molecule has 0 spiro atoms. The van der Waals surface area contributed by atoms with Gasteiger partial charge in [0.1, 0.15) is 0 Å². The van der Waals surface area contributed by atoms with Crippen LogP contribution < -0.4 is 4.72 Å². The van der Waals surface area contributed by atoms with Crippen LogP contribution in [0.15, 0.2) is 0 Å². The first-order valence-corrected chi connectivity index (χ1v) is 9.58. The van der Waals surface area contributed by atoms with E-state index in [4.69, 9.17) is 0 Å². The number of nitrogens with one attached hydrogen (secondary N) is 1. The molecule has 124 valence electrons. The number of hydrogen-bond donors (Lipinski definition) is 1. The second-order valence-electron chi connectivity index (χ2n) is 7.76. The van der Waals surface area contributed by atoms with E-state index in [2.05, 4.69) is 37.4 Å². The molecule has 6 heteroatoms. The molecule has 0 saturated carbocycles. The van der Waals surface area contributed by atoms with Crippen molar-refractivity contribution >= 4 is 10.2 Å². The summed E-state index contributed by atoms with van der Waals surface area (Å²) in [4.78, 5) is 2.20. The van der Waals surface area contributed by atoms with Gasteiger partial charge in [-0.05, 0) is 50.6 Å². The number of likely N-dealkylation sites (tertiary alicyclic amines) is 1. The molecule has 0 radical (unpaired) electrons. The Morgan fingerprint density at radius 2 is 1.67 bits per heavy atom. The topological polar surface area (TPSA) is 52.7 Å². The highest BCUT2D eigenvalue weighted by Gasteiger charge is 2.34. The summed E-state index contributed by atoms with van der Waals surface area (Å²) in [5.74, 6) is 0.616. The van der Waals surface area contributed by atoms with Crippen molar-refractivity contribution in [2.75, 3.05) is 33.2 Å². The van der Waals surface area contributed by atoms with Crippen LogP contribution in [-0.2, 0) is 10.2 Å². The molecular formula is C15H31N3O2S. The Morgan fingerprint density at radius 1 is 1.05 bits per heavy atom. The molecule has 0 aromatic carbocycles. The van der Waals surface area contributed by atoms with Crippen LogP contribution in [0, 0.1) is 11.3 Å². The van der Waals surface area contributed by atoms with Crippen LogP contribution in [0.1, 0.15) is 46.5 Å². The van der Waals surface area contributed by atoms with Crippen molar-refractivity contribution in [3.05, 3.63) is 0 Å². The maximum atomic E-state index is 12.5. The zero-order chi connectivity index (χ0) is 15.7. The van der Waals surface area contributed by atoms with E-state index in [1.54, 1.807) is 4.31 Å². The number of piperidine rings is 2. The van der Waals surface area contributed by atoms with Crippen molar-refractivity contribution in [1.82, 2.24) is 13.9 Å². The molecule has 2 aliphatic rings. The summed E-state index contributed by atoms with van der Waals surface area (Å²) in [5.41, 5.74) is 0.273. The number of likely N-dealkylation sites (N-methyl/N-ethyl adjacent to an activating group) is 1. The van der Waals surface area contributed by atoms with Crippen LogP contribution in [0.2, 0.25) is 0 Å². The van der Waals surface area contributed by atoms with E-state index < -0.39 is 10.2 Å². The molecule has 0 aromatic heterocycles. The van der Waals surface area contributed by atoms with Gasteiger partial charge < -0.3 is 4.90 Å². The molecule has 1 N–H and O–H groups in total. The molecule has 0 amide bonds. The monoisotopic (exact) mass is 317 g/mol. The summed E-state index contributed by atoms with van der Waals surface area (Å²) in [5, 5.41) is 0. The van der Waals surface area contributed by atoms with E-state index in [1.165, 1.54) is 0 Å². The minimum absolute atomic E-state index is 0.0640. The van der Waals surface area contributed by atoms with Crippen LogP contribution in [-0.4, -0.2) is 56.9 Å². The molecule has 2 saturated heterocycles. The molecule has 1 atom stereocenters. The van der Waals surface area contributed by atoms with Gasteiger partial charge in [-0.2, -0.15) is 17.4 Å². The van der Waals surface area contributed by atoms with E-state index >= 15 is 0 Å². The molecule has 21 heavy (non-hydrogen) atoms. The van der Waals surface area contributed by atoms with Gasteiger partial charge in [0, 0.05) is 25.7 Å². The van der Waals surface area contributed by atoms with E-state index in [0.29, 0.717) is 19.0 Å². The van der Waals surface area contributed by atoms with Gasteiger partial charge in [0.15, 0.2) is 0 Å². The molecule has 0 aliphatic carbocycles. The minimum atomic E-state index is -3.32. The third kappa shape index (κ3) is 4.65. The molecule has 5 nitrogen and oxygen atoms in total. The van der Waals surface area contributed by atoms with Crippen molar-refractivity contribution in [3.63, 3.8) is 0 Å². The molecule has 2 rings (SSSR count). The minimum Gasteiger partial charge on any atom is -0.305 e. The van der Waals surface area contributed by atoms with Gasteiger partial charge in [-0.15, -0.1) is 0 Å². The molecule has 2 fully saturated rings. The third-order valence-corrected chi connectivity index (χ3v) is 6.63. The van der Waals surface area contributed by atoms with Crippen molar-refractivity contribution in [2.45, 2.75) is 52.5 Å².